The topological polar surface area (TPSA) is 58.1 Å². The van der Waals surface area contributed by atoms with Gasteiger partial charge in [-0.15, -0.1) is 10.2 Å². The average Bonchev–Trinajstić information content (AvgIpc) is 2.67. The highest BCUT2D eigenvalue weighted by Gasteiger charge is 2.11. The Morgan fingerprint density at radius 3 is 2.36 bits per heavy atom. The van der Waals surface area contributed by atoms with Gasteiger partial charge in [0.05, 0.1) is 0 Å². The standard InChI is InChI=1S/C20H20N4O/c1-15-8-6-7-9-16(15)14-21-20(25)18-12-13-19(23-22-18)24(2)17-10-4-3-5-11-17/h3-13H,14H2,1-2H3,(H,21,25). The summed E-state index contributed by atoms with van der Waals surface area (Å²) in [7, 11) is 1.91. The number of rotatable bonds is 5. The maximum atomic E-state index is 12.3. The zero-order valence-electron chi connectivity index (χ0n) is 14.3. The molecule has 3 rings (SSSR count). The number of para-hydroxylation sites is 1. The van der Waals surface area contributed by atoms with Crippen molar-refractivity contribution >= 4 is 17.4 Å². The minimum atomic E-state index is -0.232. The third kappa shape index (κ3) is 4.01. The van der Waals surface area contributed by atoms with Gasteiger partial charge in [-0.1, -0.05) is 42.5 Å². The molecule has 1 amide bonds. The van der Waals surface area contributed by atoms with Crippen LogP contribution >= 0.6 is 0 Å². The number of anilines is 2. The first kappa shape index (κ1) is 16.6. The first-order chi connectivity index (χ1) is 12.1. The van der Waals surface area contributed by atoms with Crippen LogP contribution in [0.5, 0.6) is 0 Å². The third-order valence-corrected chi connectivity index (χ3v) is 4.07. The van der Waals surface area contributed by atoms with E-state index in [-0.39, 0.29) is 5.91 Å². The third-order valence-electron chi connectivity index (χ3n) is 4.07. The molecule has 3 aromatic rings. The zero-order chi connectivity index (χ0) is 17.6. The molecule has 2 aromatic carbocycles. The van der Waals surface area contributed by atoms with Gasteiger partial charge >= 0.3 is 0 Å². The van der Waals surface area contributed by atoms with E-state index in [1.165, 1.54) is 0 Å². The molecule has 0 saturated heterocycles. The van der Waals surface area contributed by atoms with Gasteiger partial charge in [0.2, 0.25) is 0 Å². The smallest absolute Gasteiger partial charge is 0.272 e. The van der Waals surface area contributed by atoms with Gasteiger partial charge in [-0.05, 0) is 42.3 Å². The zero-order valence-corrected chi connectivity index (χ0v) is 14.3. The molecule has 0 fully saturated rings. The highest BCUT2D eigenvalue weighted by molar-refractivity contribution is 5.92. The first-order valence-electron chi connectivity index (χ1n) is 8.10. The number of amides is 1. The van der Waals surface area contributed by atoms with Gasteiger partial charge in [0.25, 0.3) is 5.91 Å². The highest BCUT2D eigenvalue weighted by atomic mass is 16.1. The molecule has 0 spiro atoms. The van der Waals surface area contributed by atoms with E-state index in [9.17, 15) is 4.79 Å². The maximum Gasteiger partial charge on any atom is 0.272 e. The maximum absolute atomic E-state index is 12.3. The molecule has 0 aliphatic carbocycles. The van der Waals surface area contributed by atoms with Crippen molar-refractivity contribution in [1.82, 2.24) is 15.5 Å². The molecule has 25 heavy (non-hydrogen) atoms. The summed E-state index contributed by atoms with van der Waals surface area (Å²) in [6, 6.07) is 21.3. The van der Waals surface area contributed by atoms with Crippen LogP contribution in [-0.4, -0.2) is 23.2 Å². The molecule has 0 radical (unpaired) electrons. The highest BCUT2D eigenvalue weighted by Crippen LogP contribution is 2.20. The summed E-state index contributed by atoms with van der Waals surface area (Å²) < 4.78 is 0. The fourth-order valence-corrected chi connectivity index (χ4v) is 2.48. The molecule has 1 N–H and O–H groups in total. The van der Waals surface area contributed by atoms with Gasteiger partial charge in [0, 0.05) is 19.3 Å². The number of nitrogens with zero attached hydrogens (tertiary/aromatic N) is 3. The Bertz CT molecular complexity index is 847. The van der Waals surface area contributed by atoms with Crippen LogP contribution in [0.1, 0.15) is 21.6 Å². The first-order valence-corrected chi connectivity index (χ1v) is 8.10. The van der Waals surface area contributed by atoms with Crippen LogP contribution in [0.4, 0.5) is 11.5 Å². The van der Waals surface area contributed by atoms with Crippen molar-refractivity contribution in [3.05, 3.63) is 83.6 Å². The molecular weight excluding hydrogens is 312 g/mol. The van der Waals surface area contributed by atoms with E-state index in [0.29, 0.717) is 18.1 Å². The number of hydrogen-bond acceptors (Lipinski definition) is 4. The van der Waals surface area contributed by atoms with Crippen LogP contribution in [0.25, 0.3) is 0 Å². The van der Waals surface area contributed by atoms with E-state index < -0.39 is 0 Å². The van der Waals surface area contributed by atoms with Crippen LogP contribution in [0, 0.1) is 6.92 Å². The molecule has 0 unspecified atom stereocenters. The van der Waals surface area contributed by atoms with Crippen molar-refractivity contribution in [3.8, 4) is 0 Å². The van der Waals surface area contributed by atoms with Crippen molar-refractivity contribution in [1.29, 1.82) is 0 Å². The lowest BCUT2D eigenvalue weighted by molar-refractivity contribution is 0.0945. The molecule has 126 valence electrons. The lowest BCUT2D eigenvalue weighted by Crippen LogP contribution is -2.24. The van der Waals surface area contributed by atoms with Gasteiger partial charge in [-0.3, -0.25) is 4.79 Å². The monoisotopic (exact) mass is 332 g/mol. The average molecular weight is 332 g/mol. The minimum Gasteiger partial charge on any atom is -0.347 e. The number of carbonyl (C=O) groups is 1. The van der Waals surface area contributed by atoms with Gasteiger partial charge in [0.15, 0.2) is 11.5 Å². The summed E-state index contributed by atoms with van der Waals surface area (Å²) in [6.45, 7) is 2.49. The van der Waals surface area contributed by atoms with Gasteiger partial charge in [-0.25, -0.2) is 0 Å². The number of hydrogen-bond donors (Lipinski definition) is 1. The van der Waals surface area contributed by atoms with Crippen molar-refractivity contribution in [3.63, 3.8) is 0 Å². The molecule has 5 nitrogen and oxygen atoms in total. The van der Waals surface area contributed by atoms with Crippen molar-refractivity contribution in [2.24, 2.45) is 0 Å². The Morgan fingerprint density at radius 1 is 0.960 bits per heavy atom. The number of carbonyl (C=O) groups excluding carboxylic acids is 1. The van der Waals surface area contributed by atoms with Crippen LogP contribution < -0.4 is 10.2 Å². The Hall–Kier alpha value is -3.21. The van der Waals surface area contributed by atoms with E-state index in [2.05, 4.69) is 15.5 Å². The second-order valence-corrected chi connectivity index (χ2v) is 5.78. The molecule has 0 saturated carbocycles. The molecule has 1 heterocycles. The number of aryl methyl sites for hydroxylation is 1. The predicted molar refractivity (Wildman–Crippen MR) is 98.9 cm³/mol. The summed E-state index contributed by atoms with van der Waals surface area (Å²) in [5, 5.41) is 11.1. The lowest BCUT2D eigenvalue weighted by Gasteiger charge is -2.17. The fraction of sp³-hybridized carbons (Fsp3) is 0.150. The molecule has 0 aliphatic rings. The van der Waals surface area contributed by atoms with Crippen molar-refractivity contribution in [2.45, 2.75) is 13.5 Å². The van der Waals surface area contributed by atoms with Crippen LogP contribution in [0.3, 0.4) is 0 Å². The normalized spacial score (nSPS) is 10.3. The fourth-order valence-electron chi connectivity index (χ4n) is 2.48. The number of aromatic nitrogens is 2. The quantitative estimate of drug-likeness (QED) is 0.777. The summed E-state index contributed by atoms with van der Waals surface area (Å²) in [6.07, 6.45) is 0. The van der Waals surface area contributed by atoms with Gasteiger partial charge in [0.1, 0.15) is 0 Å². The van der Waals surface area contributed by atoms with E-state index in [0.717, 1.165) is 16.8 Å². The molecular formula is C20H20N4O. The largest absolute Gasteiger partial charge is 0.347 e. The van der Waals surface area contributed by atoms with E-state index in [1.807, 2.05) is 73.5 Å². The number of nitrogens with one attached hydrogen (secondary N) is 1. The van der Waals surface area contributed by atoms with Crippen molar-refractivity contribution < 1.29 is 4.79 Å². The van der Waals surface area contributed by atoms with Crippen molar-refractivity contribution in [2.75, 3.05) is 11.9 Å². The SMILES string of the molecule is Cc1ccccc1CNC(=O)c1ccc(N(C)c2ccccc2)nn1. The second-order valence-electron chi connectivity index (χ2n) is 5.78. The summed E-state index contributed by atoms with van der Waals surface area (Å²) in [5.74, 6) is 0.450. The van der Waals surface area contributed by atoms with E-state index >= 15 is 0 Å². The predicted octanol–water partition coefficient (Wildman–Crippen LogP) is 3.48. The van der Waals surface area contributed by atoms with Gasteiger partial charge < -0.3 is 10.2 Å². The second kappa shape index (κ2) is 7.57. The molecule has 0 bridgehead atoms. The molecule has 5 heteroatoms. The molecule has 0 atom stereocenters. The summed E-state index contributed by atoms with van der Waals surface area (Å²) in [5.41, 5.74) is 3.55. The van der Waals surface area contributed by atoms with E-state index in [1.54, 1.807) is 12.1 Å². The Kier molecular flexibility index (Phi) is 5.04. The van der Waals surface area contributed by atoms with Crippen LogP contribution in [-0.2, 0) is 6.54 Å². The summed E-state index contributed by atoms with van der Waals surface area (Å²) in [4.78, 5) is 14.2. The molecule has 0 aliphatic heterocycles. The summed E-state index contributed by atoms with van der Waals surface area (Å²) >= 11 is 0. The van der Waals surface area contributed by atoms with Gasteiger partial charge in [-0.2, -0.15) is 0 Å². The number of benzene rings is 2. The van der Waals surface area contributed by atoms with Crippen LogP contribution in [0.15, 0.2) is 66.7 Å². The van der Waals surface area contributed by atoms with E-state index in [4.69, 9.17) is 0 Å². The molecule has 1 aromatic heterocycles. The Labute approximate surface area is 147 Å². The van der Waals surface area contributed by atoms with Crippen LogP contribution in [0.2, 0.25) is 0 Å². The Balaban J connectivity index is 1.65. The lowest BCUT2D eigenvalue weighted by atomic mass is 10.1. The minimum absolute atomic E-state index is 0.232. The Morgan fingerprint density at radius 2 is 1.68 bits per heavy atom.